The number of benzene rings is 1. The highest BCUT2D eigenvalue weighted by Gasteiger charge is 2.21. The molecule has 1 fully saturated rings. The van der Waals surface area contributed by atoms with Crippen LogP contribution >= 0.6 is 0 Å². The monoisotopic (exact) mass is 218 g/mol. The summed E-state index contributed by atoms with van der Waals surface area (Å²) in [5, 5.41) is 3.67. The van der Waals surface area contributed by atoms with E-state index in [-0.39, 0.29) is 0 Å². The van der Waals surface area contributed by atoms with E-state index >= 15 is 0 Å². The summed E-state index contributed by atoms with van der Waals surface area (Å²) in [6.45, 7) is 4.47. The van der Waals surface area contributed by atoms with Crippen LogP contribution in [-0.4, -0.2) is 6.04 Å². The molecule has 2 rings (SSSR count). The van der Waals surface area contributed by atoms with Gasteiger partial charge in [0.25, 0.3) is 0 Å². The van der Waals surface area contributed by atoms with Gasteiger partial charge in [0.1, 0.15) is 0 Å². The number of nitrogens with one attached hydrogen (secondary N) is 1. The summed E-state index contributed by atoms with van der Waals surface area (Å²) in [7, 11) is 0. The van der Waals surface area contributed by atoms with E-state index in [0.29, 0.717) is 6.04 Å². The zero-order chi connectivity index (χ0) is 11.5. The number of aryl methyl sites for hydroxylation is 1. The second kappa shape index (κ2) is 4.77. The van der Waals surface area contributed by atoms with Crippen molar-refractivity contribution in [3.63, 3.8) is 0 Å². The van der Waals surface area contributed by atoms with Crippen LogP contribution in [0.1, 0.15) is 38.2 Å². The Kier molecular flexibility index (Phi) is 3.37. The summed E-state index contributed by atoms with van der Waals surface area (Å²) in [5.74, 6) is 0.783. The maximum Gasteiger partial charge on any atom is 0.0373 e. The normalized spacial score (nSPS) is 25.4. The topological polar surface area (TPSA) is 38.0 Å². The van der Waals surface area contributed by atoms with Gasteiger partial charge in [-0.2, -0.15) is 0 Å². The molecule has 1 aromatic rings. The molecule has 0 unspecified atom stereocenters. The van der Waals surface area contributed by atoms with Gasteiger partial charge in [-0.3, -0.25) is 0 Å². The molecule has 1 saturated carbocycles. The van der Waals surface area contributed by atoms with E-state index in [1.165, 1.54) is 36.9 Å². The zero-order valence-electron chi connectivity index (χ0n) is 10.3. The van der Waals surface area contributed by atoms with Gasteiger partial charge in [-0.25, -0.2) is 0 Å². The van der Waals surface area contributed by atoms with Crippen molar-refractivity contribution >= 4 is 11.4 Å². The van der Waals surface area contributed by atoms with Crippen LogP contribution in [-0.2, 0) is 0 Å². The lowest BCUT2D eigenvalue weighted by Crippen LogP contribution is -2.30. The molecule has 1 aliphatic carbocycles. The minimum atomic E-state index is 0.635. The molecule has 2 atom stereocenters. The summed E-state index contributed by atoms with van der Waals surface area (Å²) in [6.07, 6.45) is 5.40. The summed E-state index contributed by atoms with van der Waals surface area (Å²) in [4.78, 5) is 0. The molecule has 3 N–H and O–H groups in total. The van der Waals surface area contributed by atoms with Gasteiger partial charge in [0, 0.05) is 17.4 Å². The van der Waals surface area contributed by atoms with Gasteiger partial charge in [0.15, 0.2) is 0 Å². The molecule has 0 aromatic heterocycles. The van der Waals surface area contributed by atoms with Gasteiger partial charge < -0.3 is 11.1 Å². The van der Waals surface area contributed by atoms with Crippen LogP contribution in [0.2, 0.25) is 0 Å². The first-order chi connectivity index (χ1) is 7.66. The highest BCUT2D eigenvalue weighted by atomic mass is 14.9. The summed E-state index contributed by atoms with van der Waals surface area (Å²) in [6, 6.07) is 6.75. The highest BCUT2D eigenvalue weighted by Crippen LogP contribution is 2.28. The van der Waals surface area contributed by atoms with Gasteiger partial charge in [0.05, 0.1) is 0 Å². The van der Waals surface area contributed by atoms with Crippen molar-refractivity contribution in [3.8, 4) is 0 Å². The molecule has 0 amide bonds. The first kappa shape index (κ1) is 11.3. The predicted molar refractivity (Wildman–Crippen MR) is 70.6 cm³/mol. The van der Waals surface area contributed by atoms with E-state index in [9.17, 15) is 0 Å². The van der Waals surface area contributed by atoms with Gasteiger partial charge in [-0.1, -0.05) is 19.8 Å². The maximum atomic E-state index is 5.76. The fourth-order valence-electron chi connectivity index (χ4n) is 2.58. The molecule has 0 radical (unpaired) electrons. The Bertz CT molecular complexity index is 360. The molecule has 0 bridgehead atoms. The lowest BCUT2D eigenvalue weighted by atomic mass is 9.85. The van der Waals surface area contributed by atoms with E-state index in [1.807, 2.05) is 12.1 Å². The Balaban J connectivity index is 2.07. The lowest BCUT2D eigenvalue weighted by molar-refractivity contribution is 0.349. The van der Waals surface area contributed by atoms with E-state index < -0.39 is 0 Å². The van der Waals surface area contributed by atoms with Crippen molar-refractivity contribution < 1.29 is 0 Å². The largest absolute Gasteiger partial charge is 0.399 e. The van der Waals surface area contributed by atoms with Crippen molar-refractivity contribution in [2.75, 3.05) is 11.1 Å². The van der Waals surface area contributed by atoms with Crippen LogP contribution in [0.3, 0.4) is 0 Å². The van der Waals surface area contributed by atoms with Gasteiger partial charge in [0.2, 0.25) is 0 Å². The van der Waals surface area contributed by atoms with Crippen LogP contribution in [0.4, 0.5) is 11.4 Å². The van der Waals surface area contributed by atoms with Crippen molar-refractivity contribution in [1.29, 1.82) is 0 Å². The second-order valence-corrected chi connectivity index (χ2v) is 5.09. The van der Waals surface area contributed by atoms with Crippen LogP contribution in [0.5, 0.6) is 0 Å². The van der Waals surface area contributed by atoms with Gasteiger partial charge in [-0.15, -0.1) is 0 Å². The number of nitrogens with two attached hydrogens (primary N) is 1. The number of anilines is 2. The molecule has 0 spiro atoms. The third-order valence-electron chi connectivity index (χ3n) is 3.70. The predicted octanol–water partition coefficient (Wildman–Crippen LogP) is 3.57. The third-order valence-corrected chi connectivity index (χ3v) is 3.70. The van der Waals surface area contributed by atoms with Crippen molar-refractivity contribution in [2.45, 2.75) is 45.6 Å². The third kappa shape index (κ3) is 2.49. The molecule has 0 aliphatic heterocycles. The molecule has 1 aliphatic rings. The van der Waals surface area contributed by atoms with Gasteiger partial charge in [-0.05, 0) is 49.4 Å². The lowest BCUT2D eigenvalue weighted by Gasteiger charge is -2.31. The molecule has 0 heterocycles. The van der Waals surface area contributed by atoms with E-state index in [2.05, 4.69) is 25.2 Å². The molecule has 0 saturated heterocycles. The molecule has 2 heteroatoms. The van der Waals surface area contributed by atoms with Crippen molar-refractivity contribution in [1.82, 2.24) is 0 Å². The highest BCUT2D eigenvalue weighted by molar-refractivity contribution is 5.57. The smallest absolute Gasteiger partial charge is 0.0373 e. The molecule has 1 aromatic carbocycles. The first-order valence-corrected chi connectivity index (χ1v) is 6.29. The van der Waals surface area contributed by atoms with E-state index in [4.69, 9.17) is 5.73 Å². The average molecular weight is 218 g/mol. The Morgan fingerprint density at radius 1 is 1.25 bits per heavy atom. The molecular formula is C14H22N2. The Morgan fingerprint density at radius 2 is 2.00 bits per heavy atom. The van der Waals surface area contributed by atoms with Crippen LogP contribution in [0.25, 0.3) is 0 Å². The average Bonchev–Trinajstić information content (AvgIpc) is 2.25. The fraction of sp³-hybridized carbons (Fsp3) is 0.571. The molecule has 88 valence electrons. The zero-order valence-corrected chi connectivity index (χ0v) is 10.3. The molecule has 16 heavy (non-hydrogen) atoms. The minimum Gasteiger partial charge on any atom is -0.399 e. The Hall–Kier alpha value is -1.18. The van der Waals surface area contributed by atoms with Crippen LogP contribution in [0, 0.1) is 12.8 Å². The standard InChI is InChI=1S/C14H22N2/c1-10-5-3-4-6-13(10)16-14-8-7-12(15)9-11(14)2/h7-10,13,16H,3-6,15H2,1-2H3/t10-,13-/m1/s1. The van der Waals surface area contributed by atoms with E-state index in [0.717, 1.165) is 11.6 Å². The SMILES string of the molecule is Cc1cc(N)ccc1N[C@@H]1CCCC[C@H]1C. The summed E-state index contributed by atoms with van der Waals surface area (Å²) >= 11 is 0. The van der Waals surface area contributed by atoms with Crippen LogP contribution in [0.15, 0.2) is 18.2 Å². The summed E-state index contributed by atoms with van der Waals surface area (Å²) in [5.41, 5.74) is 9.10. The molecule has 2 nitrogen and oxygen atoms in total. The Labute approximate surface area is 98.2 Å². The summed E-state index contributed by atoms with van der Waals surface area (Å²) < 4.78 is 0. The number of hydrogen-bond donors (Lipinski definition) is 2. The van der Waals surface area contributed by atoms with Gasteiger partial charge >= 0.3 is 0 Å². The second-order valence-electron chi connectivity index (χ2n) is 5.09. The fourth-order valence-corrected chi connectivity index (χ4v) is 2.58. The van der Waals surface area contributed by atoms with Crippen LogP contribution < -0.4 is 11.1 Å². The first-order valence-electron chi connectivity index (χ1n) is 6.29. The Morgan fingerprint density at radius 3 is 2.69 bits per heavy atom. The number of hydrogen-bond acceptors (Lipinski definition) is 2. The number of rotatable bonds is 2. The number of nitrogen functional groups attached to an aromatic ring is 1. The molecular weight excluding hydrogens is 196 g/mol. The maximum absolute atomic E-state index is 5.76. The quantitative estimate of drug-likeness (QED) is 0.745. The van der Waals surface area contributed by atoms with Crippen molar-refractivity contribution in [2.24, 2.45) is 5.92 Å². The van der Waals surface area contributed by atoms with E-state index in [1.54, 1.807) is 0 Å². The minimum absolute atomic E-state index is 0.635. The van der Waals surface area contributed by atoms with Crippen molar-refractivity contribution in [3.05, 3.63) is 23.8 Å².